The van der Waals surface area contributed by atoms with Crippen molar-refractivity contribution in [2.45, 2.75) is 19.6 Å². The van der Waals surface area contributed by atoms with Gasteiger partial charge in [-0.3, -0.25) is 19.3 Å². The molecule has 0 bridgehead atoms. The molecule has 0 saturated carbocycles. The standard InChI is InChI=1S/C20H21N5O3/c1-14-6-2-3-8-16(14)17(26)12-22-19(27)20(28)23-18-9-11-25(24-18)13-15-7-4-5-10-21-15/h2-11,17,26H,12-13H2,1H3,(H,22,27)(H,23,24,28)/t17-/m0/s1. The van der Waals surface area contributed by atoms with Crippen molar-refractivity contribution < 1.29 is 14.7 Å². The van der Waals surface area contributed by atoms with Crippen molar-refractivity contribution in [1.82, 2.24) is 20.1 Å². The van der Waals surface area contributed by atoms with E-state index in [1.54, 1.807) is 35.3 Å². The number of pyridine rings is 1. The SMILES string of the molecule is Cc1ccccc1[C@@H](O)CNC(=O)C(=O)Nc1ccn(Cc2ccccn2)n1. The van der Waals surface area contributed by atoms with Gasteiger partial charge in [0.05, 0.1) is 18.3 Å². The zero-order valence-corrected chi connectivity index (χ0v) is 15.4. The smallest absolute Gasteiger partial charge is 0.314 e. The summed E-state index contributed by atoms with van der Waals surface area (Å²) >= 11 is 0. The molecule has 0 unspecified atom stereocenters. The normalized spacial score (nSPS) is 11.6. The van der Waals surface area contributed by atoms with Crippen LogP contribution in [0, 0.1) is 6.92 Å². The van der Waals surface area contributed by atoms with E-state index in [0.717, 1.165) is 11.3 Å². The van der Waals surface area contributed by atoms with Gasteiger partial charge < -0.3 is 15.7 Å². The van der Waals surface area contributed by atoms with Crippen molar-refractivity contribution in [3.05, 3.63) is 77.7 Å². The van der Waals surface area contributed by atoms with Gasteiger partial charge in [0.15, 0.2) is 5.82 Å². The number of carbonyl (C=O) groups is 2. The second-order valence-corrected chi connectivity index (χ2v) is 6.26. The first-order valence-corrected chi connectivity index (χ1v) is 8.79. The van der Waals surface area contributed by atoms with Crippen molar-refractivity contribution in [2.75, 3.05) is 11.9 Å². The van der Waals surface area contributed by atoms with E-state index >= 15 is 0 Å². The summed E-state index contributed by atoms with van der Waals surface area (Å²) in [5, 5.41) is 19.3. The molecule has 144 valence electrons. The molecular weight excluding hydrogens is 358 g/mol. The summed E-state index contributed by atoms with van der Waals surface area (Å²) in [5.74, 6) is -1.43. The molecule has 1 aromatic carbocycles. The molecule has 28 heavy (non-hydrogen) atoms. The van der Waals surface area contributed by atoms with Crippen LogP contribution in [-0.4, -0.2) is 38.2 Å². The molecule has 0 aliphatic carbocycles. The average Bonchev–Trinajstić information content (AvgIpc) is 3.13. The largest absolute Gasteiger partial charge is 0.387 e. The van der Waals surface area contributed by atoms with Gasteiger partial charge in [-0.25, -0.2) is 0 Å². The summed E-state index contributed by atoms with van der Waals surface area (Å²) in [7, 11) is 0. The lowest BCUT2D eigenvalue weighted by molar-refractivity contribution is -0.136. The van der Waals surface area contributed by atoms with Crippen LogP contribution in [-0.2, 0) is 16.1 Å². The van der Waals surface area contributed by atoms with Crippen LogP contribution in [0.3, 0.4) is 0 Å². The predicted molar refractivity (Wildman–Crippen MR) is 103 cm³/mol. The van der Waals surface area contributed by atoms with Gasteiger partial charge in [0, 0.05) is 25.0 Å². The summed E-state index contributed by atoms with van der Waals surface area (Å²) in [5.41, 5.74) is 2.44. The highest BCUT2D eigenvalue weighted by Crippen LogP contribution is 2.16. The van der Waals surface area contributed by atoms with Gasteiger partial charge >= 0.3 is 11.8 Å². The summed E-state index contributed by atoms with van der Waals surface area (Å²) in [6.07, 6.45) is 2.48. The summed E-state index contributed by atoms with van der Waals surface area (Å²) in [6, 6.07) is 14.5. The molecule has 2 aromatic heterocycles. The lowest BCUT2D eigenvalue weighted by Crippen LogP contribution is -2.37. The number of aliphatic hydroxyl groups excluding tert-OH is 1. The molecule has 0 saturated heterocycles. The van der Waals surface area contributed by atoms with Gasteiger partial charge in [-0.2, -0.15) is 5.10 Å². The van der Waals surface area contributed by atoms with Crippen molar-refractivity contribution in [3.8, 4) is 0 Å². The highest BCUT2D eigenvalue weighted by Gasteiger charge is 2.17. The van der Waals surface area contributed by atoms with Crippen molar-refractivity contribution in [1.29, 1.82) is 0 Å². The van der Waals surface area contributed by atoms with Crippen molar-refractivity contribution in [2.24, 2.45) is 0 Å². The Balaban J connectivity index is 1.50. The number of amides is 2. The molecule has 3 aromatic rings. The van der Waals surface area contributed by atoms with E-state index in [4.69, 9.17) is 0 Å². The maximum absolute atomic E-state index is 12.0. The Labute approximate surface area is 162 Å². The maximum Gasteiger partial charge on any atom is 0.314 e. The summed E-state index contributed by atoms with van der Waals surface area (Å²) < 4.78 is 1.61. The van der Waals surface area contributed by atoms with Crippen LogP contribution < -0.4 is 10.6 Å². The number of hydrogen-bond acceptors (Lipinski definition) is 5. The number of nitrogens with one attached hydrogen (secondary N) is 2. The van der Waals surface area contributed by atoms with Crippen LogP contribution in [0.1, 0.15) is 22.9 Å². The van der Waals surface area contributed by atoms with E-state index in [2.05, 4.69) is 20.7 Å². The van der Waals surface area contributed by atoms with Crippen LogP contribution in [0.5, 0.6) is 0 Å². The number of aliphatic hydroxyl groups is 1. The second kappa shape index (κ2) is 8.92. The quantitative estimate of drug-likeness (QED) is 0.561. The third kappa shape index (κ3) is 5.01. The number of aromatic nitrogens is 3. The van der Waals surface area contributed by atoms with E-state index < -0.39 is 17.9 Å². The molecule has 2 amide bonds. The zero-order chi connectivity index (χ0) is 19.9. The van der Waals surface area contributed by atoms with E-state index in [0.29, 0.717) is 12.1 Å². The van der Waals surface area contributed by atoms with Crippen LogP contribution in [0.15, 0.2) is 60.9 Å². The molecule has 8 nitrogen and oxygen atoms in total. The molecule has 3 rings (SSSR count). The first-order chi connectivity index (χ1) is 13.5. The van der Waals surface area contributed by atoms with Gasteiger partial charge in [-0.05, 0) is 30.2 Å². The number of rotatable bonds is 6. The average molecular weight is 379 g/mol. The number of anilines is 1. The Bertz CT molecular complexity index is 955. The molecule has 2 heterocycles. The molecular formula is C20H21N5O3. The molecule has 0 fully saturated rings. The molecule has 8 heteroatoms. The van der Waals surface area contributed by atoms with Crippen LogP contribution in [0.25, 0.3) is 0 Å². The first kappa shape index (κ1) is 19.2. The van der Waals surface area contributed by atoms with E-state index in [9.17, 15) is 14.7 Å². The zero-order valence-electron chi connectivity index (χ0n) is 15.4. The number of carbonyl (C=O) groups excluding carboxylic acids is 2. The van der Waals surface area contributed by atoms with Crippen LogP contribution in [0.2, 0.25) is 0 Å². The number of hydrogen-bond donors (Lipinski definition) is 3. The van der Waals surface area contributed by atoms with Crippen LogP contribution >= 0.6 is 0 Å². The Hall–Kier alpha value is -3.52. The van der Waals surface area contributed by atoms with E-state index in [1.807, 2.05) is 37.3 Å². The molecule has 0 spiro atoms. The third-order valence-electron chi connectivity index (χ3n) is 4.14. The lowest BCUT2D eigenvalue weighted by Gasteiger charge is -2.14. The molecule has 3 N–H and O–H groups in total. The molecule has 0 aliphatic rings. The summed E-state index contributed by atoms with van der Waals surface area (Å²) in [4.78, 5) is 28.2. The number of aryl methyl sites for hydroxylation is 1. The fraction of sp³-hybridized carbons (Fsp3) is 0.200. The minimum Gasteiger partial charge on any atom is -0.387 e. The topological polar surface area (TPSA) is 109 Å². The van der Waals surface area contributed by atoms with Crippen molar-refractivity contribution >= 4 is 17.6 Å². The van der Waals surface area contributed by atoms with E-state index in [-0.39, 0.29) is 12.4 Å². The fourth-order valence-electron chi connectivity index (χ4n) is 2.69. The Morgan fingerprint density at radius 1 is 1.11 bits per heavy atom. The maximum atomic E-state index is 12.0. The Kier molecular flexibility index (Phi) is 6.13. The molecule has 0 aliphatic heterocycles. The minimum atomic E-state index is -0.893. The number of benzene rings is 1. The van der Waals surface area contributed by atoms with Crippen molar-refractivity contribution in [3.63, 3.8) is 0 Å². The Morgan fingerprint density at radius 3 is 2.64 bits per heavy atom. The highest BCUT2D eigenvalue weighted by atomic mass is 16.3. The molecule has 0 radical (unpaired) electrons. The van der Waals surface area contributed by atoms with Gasteiger partial charge in [0.2, 0.25) is 0 Å². The predicted octanol–water partition coefficient (Wildman–Crippen LogP) is 1.42. The Morgan fingerprint density at radius 2 is 1.89 bits per heavy atom. The van der Waals surface area contributed by atoms with Gasteiger partial charge in [-0.15, -0.1) is 0 Å². The lowest BCUT2D eigenvalue weighted by atomic mass is 10.0. The van der Waals surface area contributed by atoms with Gasteiger partial charge in [0.1, 0.15) is 0 Å². The number of nitrogens with zero attached hydrogens (tertiary/aromatic N) is 3. The highest BCUT2D eigenvalue weighted by molar-refractivity contribution is 6.39. The van der Waals surface area contributed by atoms with E-state index in [1.165, 1.54) is 0 Å². The fourth-order valence-corrected chi connectivity index (χ4v) is 2.69. The second-order valence-electron chi connectivity index (χ2n) is 6.26. The van der Waals surface area contributed by atoms with Gasteiger partial charge in [0.25, 0.3) is 0 Å². The monoisotopic (exact) mass is 379 g/mol. The van der Waals surface area contributed by atoms with Gasteiger partial charge in [-0.1, -0.05) is 30.3 Å². The summed E-state index contributed by atoms with van der Waals surface area (Å²) in [6.45, 7) is 2.26. The first-order valence-electron chi connectivity index (χ1n) is 8.79. The third-order valence-corrected chi connectivity index (χ3v) is 4.14. The van der Waals surface area contributed by atoms with Crippen LogP contribution in [0.4, 0.5) is 5.82 Å². The molecule has 1 atom stereocenters. The minimum absolute atomic E-state index is 0.0643.